The number of hydrogen-bond acceptors (Lipinski definition) is 5. The molecular formula is C23H27N5. The van der Waals surface area contributed by atoms with E-state index in [0.29, 0.717) is 0 Å². The topological polar surface area (TPSA) is 44.3 Å². The number of nitrogens with one attached hydrogen (secondary N) is 1. The van der Waals surface area contributed by atoms with Gasteiger partial charge in [0, 0.05) is 43.3 Å². The Morgan fingerprint density at radius 2 is 1.61 bits per heavy atom. The van der Waals surface area contributed by atoms with Crippen LogP contribution in [0.5, 0.6) is 0 Å². The van der Waals surface area contributed by atoms with Crippen LogP contribution >= 0.6 is 0 Å². The Bertz CT molecular complexity index is 902. The minimum Gasteiger partial charge on any atom is -0.372 e. The quantitative estimate of drug-likeness (QED) is 0.658. The third-order valence-corrected chi connectivity index (χ3v) is 5.17. The Morgan fingerprint density at radius 1 is 0.893 bits per heavy atom. The van der Waals surface area contributed by atoms with Gasteiger partial charge in [0.25, 0.3) is 0 Å². The lowest BCUT2D eigenvalue weighted by atomic mass is 10.1. The van der Waals surface area contributed by atoms with Gasteiger partial charge >= 0.3 is 0 Å². The van der Waals surface area contributed by atoms with Gasteiger partial charge in [-0.25, -0.2) is 9.97 Å². The second-order valence-corrected chi connectivity index (χ2v) is 7.27. The first kappa shape index (κ1) is 18.3. The number of benzene rings is 2. The number of rotatable bonds is 5. The molecule has 2 heterocycles. The molecule has 144 valence electrons. The van der Waals surface area contributed by atoms with Crippen LogP contribution in [-0.2, 0) is 0 Å². The summed E-state index contributed by atoms with van der Waals surface area (Å²) in [5.41, 5.74) is 3.43. The Kier molecular flexibility index (Phi) is 5.42. The summed E-state index contributed by atoms with van der Waals surface area (Å²) >= 11 is 0. The van der Waals surface area contributed by atoms with Crippen molar-refractivity contribution in [3.63, 3.8) is 0 Å². The van der Waals surface area contributed by atoms with Crippen LogP contribution in [0.25, 0.3) is 0 Å². The summed E-state index contributed by atoms with van der Waals surface area (Å²) in [5, 5.41) is 3.43. The fourth-order valence-electron chi connectivity index (χ4n) is 3.63. The first-order valence-electron chi connectivity index (χ1n) is 9.95. The molecule has 1 fully saturated rings. The molecule has 2 aromatic carbocycles. The van der Waals surface area contributed by atoms with Crippen molar-refractivity contribution in [2.24, 2.45) is 0 Å². The van der Waals surface area contributed by atoms with Crippen LogP contribution in [0.1, 0.15) is 25.1 Å². The number of nitrogens with zero attached hydrogens (tertiary/aromatic N) is 4. The summed E-state index contributed by atoms with van der Waals surface area (Å²) in [6.07, 6.45) is 3.93. The van der Waals surface area contributed by atoms with Crippen molar-refractivity contribution in [2.75, 3.05) is 35.3 Å². The summed E-state index contributed by atoms with van der Waals surface area (Å²) in [7, 11) is 2.02. The maximum Gasteiger partial charge on any atom is 0.138 e. The Balaban J connectivity index is 1.51. The molecule has 1 aliphatic rings. The van der Waals surface area contributed by atoms with Crippen molar-refractivity contribution in [3.05, 3.63) is 66.5 Å². The van der Waals surface area contributed by atoms with Gasteiger partial charge in [-0.2, -0.15) is 0 Å². The molecule has 0 aliphatic carbocycles. The predicted molar refractivity (Wildman–Crippen MR) is 117 cm³/mol. The minimum absolute atomic E-state index is 0.743. The molecule has 3 aromatic rings. The number of aryl methyl sites for hydroxylation is 1. The van der Waals surface area contributed by atoms with Crippen LogP contribution in [-0.4, -0.2) is 30.1 Å². The molecule has 0 unspecified atom stereocenters. The maximum absolute atomic E-state index is 4.60. The zero-order valence-corrected chi connectivity index (χ0v) is 16.6. The predicted octanol–water partition coefficient (Wildman–Crippen LogP) is 5.29. The Hall–Kier alpha value is -3.08. The molecule has 1 N–H and O–H groups in total. The van der Waals surface area contributed by atoms with E-state index >= 15 is 0 Å². The van der Waals surface area contributed by atoms with E-state index in [2.05, 4.69) is 61.5 Å². The van der Waals surface area contributed by atoms with Gasteiger partial charge < -0.3 is 15.1 Å². The third-order valence-electron chi connectivity index (χ3n) is 5.17. The van der Waals surface area contributed by atoms with E-state index in [1.54, 1.807) is 0 Å². The van der Waals surface area contributed by atoms with Gasteiger partial charge in [-0.3, -0.25) is 0 Å². The van der Waals surface area contributed by atoms with Crippen molar-refractivity contribution < 1.29 is 0 Å². The molecule has 5 nitrogen and oxygen atoms in total. The zero-order valence-electron chi connectivity index (χ0n) is 16.6. The second kappa shape index (κ2) is 8.30. The first-order valence-corrected chi connectivity index (χ1v) is 9.95. The fraction of sp³-hybridized carbons (Fsp3) is 0.304. The fourth-order valence-corrected chi connectivity index (χ4v) is 3.63. The number of anilines is 5. The highest BCUT2D eigenvalue weighted by molar-refractivity contribution is 5.66. The van der Waals surface area contributed by atoms with E-state index in [4.69, 9.17) is 0 Å². The van der Waals surface area contributed by atoms with Crippen LogP contribution in [0.3, 0.4) is 0 Å². The monoisotopic (exact) mass is 373 g/mol. The van der Waals surface area contributed by atoms with E-state index in [9.17, 15) is 0 Å². The largest absolute Gasteiger partial charge is 0.372 e. The molecule has 0 amide bonds. The summed E-state index contributed by atoms with van der Waals surface area (Å²) in [4.78, 5) is 13.7. The molecule has 0 saturated carbocycles. The Morgan fingerprint density at radius 3 is 2.32 bits per heavy atom. The van der Waals surface area contributed by atoms with Crippen molar-refractivity contribution in [3.8, 4) is 0 Å². The van der Waals surface area contributed by atoms with Gasteiger partial charge in [0.05, 0.1) is 0 Å². The van der Waals surface area contributed by atoms with Crippen LogP contribution in [0.2, 0.25) is 0 Å². The van der Waals surface area contributed by atoms with Gasteiger partial charge in [-0.1, -0.05) is 18.2 Å². The van der Waals surface area contributed by atoms with Gasteiger partial charge in [0.1, 0.15) is 17.5 Å². The Labute approximate surface area is 167 Å². The molecule has 4 rings (SSSR count). The van der Waals surface area contributed by atoms with E-state index < -0.39 is 0 Å². The van der Waals surface area contributed by atoms with E-state index in [-0.39, 0.29) is 0 Å². The summed E-state index contributed by atoms with van der Waals surface area (Å²) in [6.45, 7) is 4.24. The molecule has 0 spiro atoms. The standard InChI is InChI=1S/C23H27N5/c1-18-24-22(17-23(25-18)27(2)20-9-5-3-6-10-20)26-19-11-13-21(14-12-19)28-15-7-4-8-16-28/h3,5-6,9-14,17H,4,7-8,15-16H2,1-2H3,(H,24,25,26). The second-order valence-electron chi connectivity index (χ2n) is 7.27. The van der Waals surface area contributed by atoms with Crippen LogP contribution in [0, 0.1) is 6.92 Å². The molecule has 1 saturated heterocycles. The molecule has 1 aromatic heterocycles. The van der Waals surface area contributed by atoms with Crippen molar-refractivity contribution in [2.45, 2.75) is 26.2 Å². The number of aromatic nitrogens is 2. The average Bonchev–Trinajstić information content (AvgIpc) is 2.74. The summed E-state index contributed by atoms with van der Waals surface area (Å²) < 4.78 is 0. The lowest BCUT2D eigenvalue weighted by Crippen LogP contribution is -2.29. The molecule has 5 heteroatoms. The van der Waals surface area contributed by atoms with Gasteiger partial charge in [0.2, 0.25) is 0 Å². The van der Waals surface area contributed by atoms with Gasteiger partial charge in [0.15, 0.2) is 0 Å². The molecule has 28 heavy (non-hydrogen) atoms. The van der Waals surface area contributed by atoms with Crippen molar-refractivity contribution in [1.82, 2.24) is 9.97 Å². The average molecular weight is 374 g/mol. The third kappa shape index (κ3) is 4.25. The number of para-hydroxylation sites is 1. The summed E-state index contributed by atoms with van der Waals surface area (Å²) in [6, 6.07) is 20.8. The molecule has 0 radical (unpaired) electrons. The zero-order chi connectivity index (χ0) is 19.3. The molecule has 0 bridgehead atoms. The summed E-state index contributed by atoms with van der Waals surface area (Å²) in [5.74, 6) is 2.41. The highest BCUT2D eigenvalue weighted by Crippen LogP contribution is 2.26. The number of hydrogen-bond donors (Lipinski definition) is 1. The van der Waals surface area contributed by atoms with E-state index in [1.165, 1.54) is 24.9 Å². The van der Waals surface area contributed by atoms with E-state index in [1.807, 2.05) is 38.2 Å². The van der Waals surface area contributed by atoms with Crippen molar-refractivity contribution in [1.29, 1.82) is 0 Å². The normalized spacial score (nSPS) is 14.0. The molecule has 0 atom stereocenters. The highest BCUT2D eigenvalue weighted by atomic mass is 15.2. The van der Waals surface area contributed by atoms with Crippen LogP contribution < -0.4 is 15.1 Å². The lowest BCUT2D eigenvalue weighted by Gasteiger charge is -2.28. The first-order chi connectivity index (χ1) is 13.7. The maximum atomic E-state index is 4.60. The highest BCUT2D eigenvalue weighted by Gasteiger charge is 2.11. The van der Waals surface area contributed by atoms with Crippen molar-refractivity contribution >= 4 is 28.7 Å². The lowest BCUT2D eigenvalue weighted by molar-refractivity contribution is 0.578. The number of piperidine rings is 1. The smallest absolute Gasteiger partial charge is 0.138 e. The van der Waals surface area contributed by atoms with Gasteiger partial charge in [-0.15, -0.1) is 0 Å². The van der Waals surface area contributed by atoms with E-state index in [0.717, 1.165) is 41.9 Å². The van der Waals surface area contributed by atoms with Crippen LogP contribution in [0.15, 0.2) is 60.7 Å². The molecule has 1 aliphatic heterocycles. The van der Waals surface area contributed by atoms with Crippen LogP contribution in [0.4, 0.5) is 28.7 Å². The molecular weight excluding hydrogens is 346 g/mol. The minimum atomic E-state index is 0.743. The van der Waals surface area contributed by atoms with Gasteiger partial charge in [-0.05, 0) is 62.6 Å². The SMILES string of the molecule is Cc1nc(Nc2ccc(N3CCCCC3)cc2)cc(N(C)c2ccccc2)n1.